The van der Waals surface area contributed by atoms with Crippen LogP contribution in [0.15, 0.2) is 58.3 Å². The Kier molecular flexibility index (Phi) is 5.24. The summed E-state index contributed by atoms with van der Waals surface area (Å²) < 4.78 is 7.43. The minimum absolute atomic E-state index is 0.00448. The van der Waals surface area contributed by atoms with Gasteiger partial charge in [0.05, 0.1) is 11.5 Å². The zero-order valence-electron chi connectivity index (χ0n) is 14.4. The Morgan fingerprint density at radius 1 is 1.38 bits per heavy atom. The van der Waals surface area contributed by atoms with Crippen molar-refractivity contribution in [1.82, 2.24) is 9.55 Å². The Morgan fingerprint density at radius 3 is 2.96 bits per heavy atom. The van der Waals surface area contributed by atoms with E-state index >= 15 is 0 Å². The molecule has 0 bridgehead atoms. The van der Waals surface area contributed by atoms with Crippen molar-refractivity contribution in [3.8, 4) is 11.1 Å². The lowest BCUT2D eigenvalue weighted by molar-refractivity contribution is 0.129. The third-order valence-corrected chi connectivity index (χ3v) is 6.46. The highest BCUT2D eigenvalue weighted by Crippen LogP contribution is 2.32. The van der Waals surface area contributed by atoms with Crippen LogP contribution in [0.1, 0.15) is 12.8 Å². The van der Waals surface area contributed by atoms with Gasteiger partial charge in [0.25, 0.3) is 5.56 Å². The summed E-state index contributed by atoms with van der Waals surface area (Å²) in [6.07, 6.45) is 4.20. The predicted molar refractivity (Wildman–Crippen MR) is 109 cm³/mol. The van der Waals surface area contributed by atoms with Gasteiger partial charge in [-0.1, -0.05) is 48.2 Å². The molecule has 4 rings (SSSR count). The quantitative estimate of drug-likeness (QED) is 0.354. The van der Waals surface area contributed by atoms with Crippen molar-refractivity contribution >= 4 is 33.3 Å². The van der Waals surface area contributed by atoms with Gasteiger partial charge in [0.2, 0.25) is 0 Å². The summed E-state index contributed by atoms with van der Waals surface area (Å²) in [7, 11) is 0. The molecular weight excluding hydrogens is 364 g/mol. The second kappa shape index (κ2) is 7.78. The Hall–Kier alpha value is -1.89. The van der Waals surface area contributed by atoms with Gasteiger partial charge < -0.3 is 4.74 Å². The van der Waals surface area contributed by atoms with E-state index < -0.39 is 0 Å². The van der Waals surface area contributed by atoms with Crippen LogP contribution < -0.4 is 5.56 Å². The molecule has 1 unspecified atom stereocenters. The first kappa shape index (κ1) is 17.5. The summed E-state index contributed by atoms with van der Waals surface area (Å²) in [6.45, 7) is 5.10. The van der Waals surface area contributed by atoms with Gasteiger partial charge in [0, 0.05) is 29.8 Å². The van der Waals surface area contributed by atoms with E-state index in [9.17, 15) is 4.79 Å². The smallest absolute Gasteiger partial charge is 0.263 e. The Morgan fingerprint density at radius 2 is 2.23 bits per heavy atom. The SMILES string of the molecule is C=CCn1c(SCC2CCCO2)nc2scc(-c3ccccc3)c2c1=O. The normalized spacial score (nSPS) is 17.0. The number of fused-ring (bicyclic) bond motifs is 1. The first-order valence-electron chi connectivity index (χ1n) is 8.70. The van der Waals surface area contributed by atoms with E-state index in [4.69, 9.17) is 9.72 Å². The fourth-order valence-corrected chi connectivity index (χ4v) is 5.24. The van der Waals surface area contributed by atoms with Crippen LogP contribution in [0.2, 0.25) is 0 Å². The van der Waals surface area contributed by atoms with Crippen molar-refractivity contribution in [3.05, 3.63) is 58.7 Å². The molecule has 0 saturated carbocycles. The van der Waals surface area contributed by atoms with E-state index in [-0.39, 0.29) is 11.7 Å². The van der Waals surface area contributed by atoms with Crippen molar-refractivity contribution in [2.75, 3.05) is 12.4 Å². The zero-order chi connectivity index (χ0) is 17.9. The van der Waals surface area contributed by atoms with E-state index in [1.165, 1.54) is 11.3 Å². The number of thioether (sulfide) groups is 1. The fourth-order valence-electron chi connectivity index (χ4n) is 3.18. The number of aromatic nitrogens is 2. The molecule has 1 aliphatic heterocycles. The van der Waals surface area contributed by atoms with Crippen LogP contribution >= 0.6 is 23.1 Å². The Bertz CT molecular complexity index is 973. The maximum atomic E-state index is 13.2. The van der Waals surface area contributed by atoms with E-state index in [2.05, 4.69) is 6.58 Å². The minimum Gasteiger partial charge on any atom is -0.377 e. The van der Waals surface area contributed by atoms with E-state index in [1.54, 1.807) is 22.4 Å². The highest BCUT2D eigenvalue weighted by Gasteiger charge is 2.20. The van der Waals surface area contributed by atoms with Crippen LogP contribution in [-0.4, -0.2) is 28.0 Å². The molecule has 0 radical (unpaired) electrons. The molecule has 26 heavy (non-hydrogen) atoms. The molecule has 1 aromatic carbocycles. The Labute approximate surface area is 160 Å². The lowest BCUT2D eigenvalue weighted by atomic mass is 10.1. The predicted octanol–water partition coefficient (Wildman–Crippen LogP) is 4.58. The molecule has 3 aromatic rings. The number of benzene rings is 1. The van der Waals surface area contributed by atoms with Gasteiger partial charge in [-0.15, -0.1) is 17.9 Å². The first-order valence-corrected chi connectivity index (χ1v) is 10.6. The van der Waals surface area contributed by atoms with Crippen LogP contribution in [0.25, 0.3) is 21.3 Å². The van der Waals surface area contributed by atoms with Crippen LogP contribution in [0.4, 0.5) is 0 Å². The van der Waals surface area contributed by atoms with Crippen LogP contribution in [0, 0.1) is 0 Å². The third kappa shape index (κ3) is 3.37. The van der Waals surface area contributed by atoms with Gasteiger partial charge in [-0.3, -0.25) is 9.36 Å². The second-order valence-electron chi connectivity index (χ2n) is 6.24. The Balaban J connectivity index is 1.77. The third-order valence-electron chi connectivity index (χ3n) is 4.48. The molecular formula is C20H20N2O2S2. The van der Waals surface area contributed by atoms with Gasteiger partial charge in [-0.05, 0) is 18.4 Å². The van der Waals surface area contributed by atoms with E-state index in [1.807, 2.05) is 35.7 Å². The van der Waals surface area contributed by atoms with Gasteiger partial charge in [-0.25, -0.2) is 4.98 Å². The maximum absolute atomic E-state index is 13.2. The summed E-state index contributed by atoms with van der Waals surface area (Å²) in [5.74, 6) is 0.825. The van der Waals surface area contributed by atoms with Gasteiger partial charge in [0.15, 0.2) is 5.16 Å². The average Bonchev–Trinajstić information content (AvgIpc) is 3.33. The highest BCUT2D eigenvalue weighted by molar-refractivity contribution is 7.99. The number of rotatable bonds is 6. The van der Waals surface area contributed by atoms with Crippen molar-refractivity contribution < 1.29 is 4.74 Å². The van der Waals surface area contributed by atoms with Crippen LogP contribution in [0.3, 0.4) is 0 Å². The topological polar surface area (TPSA) is 44.1 Å². The number of ether oxygens (including phenoxy) is 1. The summed E-state index contributed by atoms with van der Waals surface area (Å²) in [4.78, 5) is 18.8. The maximum Gasteiger partial charge on any atom is 0.263 e. The summed E-state index contributed by atoms with van der Waals surface area (Å²) in [6, 6.07) is 10.0. The van der Waals surface area contributed by atoms with Gasteiger partial charge in [0.1, 0.15) is 4.83 Å². The molecule has 3 heterocycles. The second-order valence-corrected chi connectivity index (χ2v) is 8.09. The first-order chi connectivity index (χ1) is 12.8. The van der Waals surface area contributed by atoms with Crippen molar-refractivity contribution in [2.24, 2.45) is 0 Å². The fraction of sp³-hybridized carbons (Fsp3) is 0.300. The van der Waals surface area contributed by atoms with Gasteiger partial charge >= 0.3 is 0 Å². The molecule has 0 amide bonds. The molecule has 1 aliphatic rings. The molecule has 1 atom stereocenters. The van der Waals surface area contributed by atoms with E-state index in [0.29, 0.717) is 11.9 Å². The molecule has 134 valence electrons. The number of allylic oxidation sites excluding steroid dienone is 1. The lowest BCUT2D eigenvalue weighted by Gasteiger charge is -2.13. The molecule has 4 nitrogen and oxygen atoms in total. The minimum atomic E-state index is 0.00448. The number of hydrogen-bond donors (Lipinski definition) is 0. The van der Waals surface area contributed by atoms with Crippen molar-refractivity contribution in [1.29, 1.82) is 0 Å². The highest BCUT2D eigenvalue weighted by atomic mass is 32.2. The number of nitrogens with zero attached hydrogens (tertiary/aromatic N) is 2. The lowest BCUT2D eigenvalue weighted by Crippen LogP contribution is -2.23. The molecule has 0 N–H and O–H groups in total. The summed E-state index contributed by atoms with van der Waals surface area (Å²) in [5, 5.41) is 3.48. The molecule has 0 spiro atoms. The average molecular weight is 385 g/mol. The van der Waals surface area contributed by atoms with Crippen LogP contribution in [0.5, 0.6) is 0 Å². The largest absolute Gasteiger partial charge is 0.377 e. The number of thiophene rings is 1. The molecule has 6 heteroatoms. The molecule has 1 fully saturated rings. The summed E-state index contributed by atoms with van der Waals surface area (Å²) in [5.41, 5.74) is 2.00. The molecule has 0 aliphatic carbocycles. The van der Waals surface area contributed by atoms with Gasteiger partial charge in [-0.2, -0.15) is 0 Å². The van der Waals surface area contributed by atoms with Crippen molar-refractivity contribution in [3.63, 3.8) is 0 Å². The van der Waals surface area contributed by atoms with Crippen molar-refractivity contribution in [2.45, 2.75) is 30.6 Å². The van der Waals surface area contributed by atoms with E-state index in [0.717, 1.165) is 46.3 Å². The standard InChI is InChI=1S/C20H20N2O2S2/c1-2-10-22-19(23)17-16(14-7-4-3-5-8-14)13-25-18(17)21-20(22)26-12-15-9-6-11-24-15/h2-5,7-8,13,15H,1,6,9-12H2. The zero-order valence-corrected chi connectivity index (χ0v) is 16.0. The van der Waals surface area contributed by atoms with Crippen LogP contribution in [-0.2, 0) is 11.3 Å². The molecule has 1 saturated heterocycles. The number of hydrogen-bond acceptors (Lipinski definition) is 5. The molecule has 2 aromatic heterocycles. The summed E-state index contributed by atoms with van der Waals surface area (Å²) >= 11 is 3.13. The monoisotopic (exact) mass is 384 g/mol.